The zero-order valence-corrected chi connectivity index (χ0v) is 19.0. The summed E-state index contributed by atoms with van der Waals surface area (Å²) in [5, 5.41) is 7.61. The number of nitrogens with one attached hydrogen (secondary N) is 1. The van der Waals surface area contributed by atoms with Gasteiger partial charge in [-0.15, -0.1) is 5.10 Å². The van der Waals surface area contributed by atoms with E-state index in [2.05, 4.69) is 50.2 Å². The van der Waals surface area contributed by atoms with Gasteiger partial charge in [0.25, 0.3) is 0 Å². The summed E-state index contributed by atoms with van der Waals surface area (Å²) in [6, 6.07) is -0.481. The number of fused-ring (bicyclic) bond motifs is 1. The molecule has 0 aliphatic carbocycles. The standard InChI is InChI=1S/C19H28BrFN6O2/c1-6-11(2)16-24-15(20)14-9-22-17(25-27(14)16)23-13-7-8-26(10-12(13)21)18(28)29-19(3,4)5/h9,11-13H,6-8,10H2,1-5H3,(H,23,25)/t11?,12-,13-/m1/s1. The zero-order valence-electron chi connectivity index (χ0n) is 17.4. The number of hydrogen-bond acceptors (Lipinski definition) is 6. The van der Waals surface area contributed by atoms with E-state index in [9.17, 15) is 9.18 Å². The highest BCUT2D eigenvalue weighted by atomic mass is 79.9. The summed E-state index contributed by atoms with van der Waals surface area (Å²) in [7, 11) is 0. The summed E-state index contributed by atoms with van der Waals surface area (Å²) in [6.45, 7) is 9.94. The smallest absolute Gasteiger partial charge is 0.410 e. The molecule has 0 radical (unpaired) electrons. The third-order valence-electron chi connectivity index (χ3n) is 4.93. The first-order valence-electron chi connectivity index (χ1n) is 9.88. The summed E-state index contributed by atoms with van der Waals surface area (Å²) < 4.78 is 22.5. The Bertz CT molecular complexity index is 883. The van der Waals surface area contributed by atoms with Gasteiger partial charge in [-0.1, -0.05) is 13.8 Å². The molecule has 10 heteroatoms. The van der Waals surface area contributed by atoms with Crippen molar-refractivity contribution in [3.63, 3.8) is 0 Å². The fourth-order valence-corrected chi connectivity index (χ4v) is 3.62. The number of rotatable bonds is 4. The molecule has 0 saturated carbocycles. The number of carbonyl (C=O) groups excluding carboxylic acids is 1. The Morgan fingerprint density at radius 2 is 2.21 bits per heavy atom. The van der Waals surface area contributed by atoms with E-state index >= 15 is 0 Å². The molecule has 8 nitrogen and oxygen atoms in total. The van der Waals surface area contributed by atoms with Crippen LogP contribution in [0.4, 0.5) is 15.1 Å². The van der Waals surface area contributed by atoms with Gasteiger partial charge < -0.3 is 15.0 Å². The van der Waals surface area contributed by atoms with Crippen molar-refractivity contribution in [2.24, 2.45) is 0 Å². The zero-order chi connectivity index (χ0) is 21.3. The first-order valence-corrected chi connectivity index (χ1v) is 10.7. The minimum atomic E-state index is -1.25. The second-order valence-electron chi connectivity index (χ2n) is 8.43. The van der Waals surface area contributed by atoms with Gasteiger partial charge >= 0.3 is 6.09 Å². The number of hydrogen-bond donors (Lipinski definition) is 1. The van der Waals surface area contributed by atoms with Crippen molar-refractivity contribution in [1.29, 1.82) is 0 Å². The lowest BCUT2D eigenvalue weighted by molar-refractivity contribution is 0.0125. The van der Waals surface area contributed by atoms with Gasteiger partial charge in [-0.05, 0) is 49.5 Å². The summed E-state index contributed by atoms with van der Waals surface area (Å²) in [6.07, 6.45) is 1.29. The monoisotopic (exact) mass is 470 g/mol. The molecule has 1 aliphatic rings. The highest BCUT2D eigenvalue weighted by Gasteiger charge is 2.34. The second-order valence-corrected chi connectivity index (χ2v) is 9.18. The largest absolute Gasteiger partial charge is 0.444 e. The molecule has 3 rings (SSSR count). The van der Waals surface area contributed by atoms with Gasteiger partial charge in [0.15, 0.2) is 0 Å². The van der Waals surface area contributed by atoms with E-state index in [-0.39, 0.29) is 12.5 Å². The molecule has 2 aromatic heterocycles. The lowest BCUT2D eigenvalue weighted by Gasteiger charge is -2.35. The van der Waals surface area contributed by atoms with Gasteiger partial charge in [0.2, 0.25) is 5.95 Å². The number of anilines is 1. The predicted molar refractivity (Wildman–Crippen MR) is 112 cm³/mol. The highest BCUT2D eigenvalue weighted by Crippen LogP contribution is 2.25. The molecule has 1 aliphatic heterocycles. The van der Waals surface area contributed by atoms with Crippen molar-refractivity contribution >= 4 is 33.5 Å². The van der Waals surface area contributed by atoms with E-state index in [4.69, 9.17) is 4.74 Å². The third-order valence-corrected chi connectivity index (χ3v) is 5.52. The van der Waals surface area contributed by atoms with Crippen molar-refractivity contribution in [2.75, 3.05) is 18.4 Å². The normalized spacial score (nSPS) is 21.3. The summed E-state index contributed by atoms with van der Waals surface area (Å²) >= 11 is 3.45. The number of ether oxygens (including phenoxy) is 1. The van der Waals surface area contributed by atoms with Gasteiger partial charge in [-0.2, -0.15) is 0 Å². The molecule has 1 unspecified atom stereocenters. The topological polar surface area (TPSA) is 84.7 Å². The minimum Gasteiger partial charge on any atom is -0.444 e. The Morgan fingerprint density at radius 3 is 2.83 bits per heavy atom. The molecule has 0 bridgehead atoms. The number of alkyl halides is 1. The number of amides is 1. The maximum atomic E-state index is 14.8. The van der Waals surface area contributed by atoms with Crippen LogP contribution in [0.1, 0.15) is 59.2 Å². The van der Waals surface area contributed by atoms with Crippen molar-refractivity contribution in [3.8, 4) is 0 Å². The van der Waals surface area contributed by atoms with E-state index < -0.39 is 23.9 Å². The fraction of sp³-hybridized carbons (Fsp3) is 0.684. The van der Waals surface area contributed by atoms with E-state index in [1.54, 1.807) is 31.5 Å². The van der Waals surface area contributed by atoms with Crippen LogP contribution >= 0.6 is 15.9 Å². The summed E-state index contributed by atoms with van der Waals surface area (Å²) in [4.78, 5) is 22.4. The molecule has 3 atom stereocenters. The van der Waals surface area contributed by atoms with Gasteiger partial charge in [0.05, 0.1) is 18.8 Å². The van der Waals surface area contributed by atoms with Crippen LogP contribution in [0.15, 0.2) is 10.8 Å². The molecule has 0 spiro atoms. The lowest BCUT2D eigenvalue weighted by Crippen LogP contribution is -2.51. The van der Waals surface area contributed by atoms with Crippen LogP contribution in [0.25, 0.3) is 5.52 Å². The molecular weight excluding hydrogens is 443 g/mol. The van der Waals surface area contributed by atoms with Crippen LogP contribution in [-0.2, 0) is 4.74 Å². The van der Waals surface area contributed by atoms with Gasteiger partial charge in [-0.25, -0.2) is 23.7 Å². The highest BCUT2D eigenvalue weighted by molar-refractivity contribution is 9.10. The van der Waals surface area contributed by atoms with Gasteiger partial charge in [0.1, 0.15) is 27.7 Å². The minimum absolute atomic E-state index is 0.0242. The Morgan fingerprint density at radius 1 is 1.48 bits per heavy atom. The average molecular weight is 471 g/mol. The quantitative estimate of drug-likeness (QED) is 0.721. The van der Waals surface area contributed by atoms with Crippen LogP contribution in [0.2, 0.25) is 0 Å². The molecule has 1 fully saturated rings. The molecular formula is C19H28BrFN6O2. The lowest BCUT2D eigenvalue weighted by atomic mass is 10.0. The van der Waals surface area contributed by atoms with E-state index in [1.807, 2.05) is 0 Å². The maximum absolute atomic E-state index is 14.8. The Labute approximate surface area is 178 Å². The van der Waals surface area contributed by atoms with Crippen molar-refractivity contribution in [1.82, 2.24) is 24.5 Å². The van der Waals surface area contributed by atoms with Crippen LogP contribution in [-0.4, -0.2) is 61.5 Å². The van der Waals surface area contributed by atoms with Crippen LogP contribution in [0.3, 0.4) is 0 Å². The van der Waals surface area contributed by atoms with Crippen LogP contribution < -0.4 is 5.32 Å². The molecule has 1 saturated heterocycles. The molecule has 3 heterocycles. The van der Waals surface area contributed by atoms with E-state index in [0.717, 1.165) is 17.8 Å². The SMILES string of the molecule is CCC(C)c1nc(Br)c2cnc(N[C@@H]3CCN(C(=O)OC(C)(C)C)C[C@H]3F)nn12. The summed E-state index contributed by atoms with van der Waals surface area (Å²) in [5.74, 6) is 1.39. The summed E-state index contributed by atoms with van der Waals surface area (Å²) in [5.41, 5.74) is 0.163. The molecule has 29 heavy (non-hydrogen) atoms. The Kier molecular flexibility index (Phi) is 6.30. The number of aromatic nitrogens is 4. The third kappa shape index (κ3) is 4.96. The molecule has 2 aromatic rings. The fourth-order valence-electron chi connectivity index (χ4n) is 3.17. The number of halogens is 2. The maximum Gasteiger partial charge on any atom is 0.410 e. The number of imidazole rings is 1. The molecule has 0 aromatic carbocycles. The predicted octanol–water partition coefficient (Wildman–Crippen LogP) is 4.16. The number of likely N-dealkylation sites (tertiary alicyclic amines) is 1. The van der Waals surface area contributed by atoms with Crippen LogP contribution in [0, 0.1) is 0 Å². The second kappa shape index (κ2) is 8.41. The van der Waals surface area contributed by atoms with Gasteiger partial charge in [-0.3, -0.25) is 0 Å². The number of carbonyl (C=O) groups is 1. The van der Waals surface area contributed by atoms with Crippen molar-refractivity contribution in [3.05, 3.63) is 16.6 Å². The van der Waals surface area contributed by atoms with Crippen molar-refractivity contribution in [2.45, 2.75) is 71.2 Å². The molecule has 160 valence electrons. The van der Waals surface area contributed by atoms with E-state index in [1.165, 1.54) is 4.90 Å². The average Bonchev–Trinajstić information content (AvgIpc) is 2.97. The van der Waals surface area contributed by atoms with Crippen LogP contribution in [0.5, 0.6) is 0 Å². The van der Waals surface area contributed by atoms with Crippen molar-refractivity contribution < 1.29 is 13.9 Å². The number of nitrogens with zero attached hydrogens (tertiary/aromatic N) is 5. The van der Waals surface area contributed by atoms with Gasteiger partial charge in [0, 0.05) is 12.5 Å². The number of piperidine rings is 1. The Balaban J connectivity index is 1.71. The molecule has 1 amide bonds. The molecule has 1 N–H and O–H groups in total. The Hall–Kier alpha value is -1.97. The van der Waals surface area contributed by atoms with E-state index in [0.29, 0.717) is 23.5 Å². The first-order chi connectivity index (χ1) is 13.6. The first kappa shape index (κ1) is 21.7.